The van der Waals surface area contributed by atoms with Crippen LogP contribution in [0.2, 0.25) is 0 Å². The lowest BCUT2D eigenvalue weighted by atomic mass is 9.33. The van der Waals surface area contributed by atoms with E-state index in [1.54, 1.807) is 0 Å². The third kappa shape index (κ3) is 7.22. The van der Waals surface area contributed by atoms with Gasteiger partial charge in [-0.25, -0.2) is 13.4 Å². The molecule has 6 aliphatic carbocycles. The first-order valence-electron chi connectivity index (χ1n) is 22.7. The number of fused-ring (bicyclic) bond motifs is 7. The van der Waals surface area contributed by atoms with Crippen LogP contribution in [0.3, 0.4) is 0 Å². The Bertz CT molecular complexity index is 1950. The van der Waals surface area contributed by atoms with Gasteiger partial charge in [0.25, 0.3) is 0 Å². The highest BCUT2D eigenvalue weighted by Gasteiger charge is 2.69. The molecule has 9 atom stereocenters. The second-order valence-corrected chi connectivity index (χ2v) is 23.6. The summed E-state index contributed by atoms with van der Waals surface area (Å²) in [5, 5.41) is 14.6. The molecule has 8 nitrogen and oxygen atoms in total. The van der Waals surface area contributed by atoms with Crippen molar-refractivity contribution >= 4 is 15.8 Å². The van der Waals surface area contributed by atoms with Crippen molar-refractivity contribution in [1.29, 1.82) is 0 Å². The number of ether oxygens (including phenoxy) is 1. The zero-order chi connectivity index (χ0) is 42.3. The van der Waals surface area contributed by atoms with Crippen molar-refractivity contribution in [3.63, 3.8) is 0 Å². The number of carbonyl (C=O) groups is 1. The molecule has 2 heterocycles. The van der Waals surface area contributed by atoms with E-state index in [1.165, 1.54) is 81.2 Å². The van der Waals surface area contributed by atoms with Crippen molar-refractivity contribution in [1.82, 2.24) is 15.2 Å². The first kappa shape index (κ1) is 43.2. The number of rotatable bonds is 10. The lowest BCUT2D eigenvalue weighted by Gasteiger charge is -2.72. The minimum Gasteiger partial charge on any atom is -0.481 e. The zero-order valence-electron chi connectivity index (χ0n) is 36.1. The standard InChI is InChI=1S/C47H68F3N3O5S/c1-41(2)33(32-12-19-45(20-13-32,40(54)55)23-29-58-39-36(47(48,49)50)9-7-24-51-39)14-17-42(3)37(41)15-18-44(5)38(42)11-10-34-35-8-6-16-46(35,22-21-43(34,44)4)52-25-26-53-27-30-59(56,57)31-28-53/h7,9,12,14,24,34-35,37-38,52H,6,8,10-11,13,15-23,25-31H2,1-5H3,(H,54,55)/t34?,35-,37?,38?,42?,43-,44?,45?,46?/m1/s1. The van der Waals surface area contributed by atoms with E-state index in [9.17, 15) is 31.5 Å². The second-order valence-electron chi connectivity index (χ2n) is 21.3. The Morgan fingerprint density at radius 2 is 1.69 bits per heavy atom. The fourth-order valence-electron chi connectivity index (χ4n) is 15.2. The zero-order valence-corrected chi connectivity index (χ0v) is 36.9. The summed E-state index contributed by atoms with van der Waals surface area (Å²) >= 11 is 0. The minimum absolute atomic E-state index is 0.0765. The van der Waals surface area contributed by atoms with Crippen LogP contribution in [-0.2, 0) is 20.8 Å². The first-order chi connectivity index (χ1) is 27.7. The van der Waals surface area contributed by atoms with Gasteiger partial charge in [-0.2, -0.15) is 13.2 Å². The van der Waals surface area contributed by atoms with Crippen LogP contribution in [0.1, 0.15) is 130 Å². The number of carboxylic acid groups (broad SMARTS) is 1. The van der Waals surface area contributed by atoms with Gasteiger partial charge in [-0.3, -0.25) is 4.79 Å². The van der Waals surface area contributed by atoms with Crippen LogP contribution in [0, 0.1) is 50.7 Å². The van der Waals surface area contributed by atoms with E-state index >= 15 is 0 Å². The van der Waals surface area contributed by atoms with Gasteiger partial charge in [0.15, 0.2) is 9.84 Å². The van der Waals surface area contributed by atoms with E-state index in [4.69, 9.17) is 4.74 Å². The summed E-state index contributed by atoms with van der Waals surface area (Å²) < 4.78 is 70.1. The number of allylic oxidation sites excluding steroid dienone is 4. The van der Waals surface area contributed by atoms with Crippen molar-refractivity contribution < 1.29 is 36.2 Å². The molecule has 0 radical (unpaired) electrons. The Labute approximate surface area is 350 Å². The minimum atomic E-state index is -4.61. The van der Waals surface area contributed by atoms with Crippen molar-refractivity contribution in [3.8, 4) is 5.88 Å². The number of alkyl halides is 3. The van der Waals surface area contributed by atoms with Crippen LogP contribution in [0.25, 0.3) is 0 Å². The fraction of sp³-hybridized carbons (Fsp3) is 0.787. The molecule has 0 amide bonds. The van der Waals surface area contributed by atoms with Gasteiger partial charge in [-0.1, -0.05) is 53.2 Å². The molecule has 59 heavy (non-hydrogen) atoms. The summed E-state index contributed by atoms with van der Waals surface area (Å²) in [7, 11) is -2.87. The normalized spacial score (nSPS) is 40.4. The quantitative estimate of drug-likeness (QED) is 0.240. The number of pyridine rings is 1. The molecule has 7 aliphatic rings. The van der Waals surface area contributed by atoms with E-state index in [1.807, 2.05) is 0 Å². The molecule has 1 aromatic heterocycles. The number of sulfone groups is 1. The summed E-state index contributed by atoms with van der Waals surface area (Å²) in [6.07, 6.45) is 15.1. The summed E-state index contributed by atoms with van der Waals surface area (Å²) in [5.74, 6) is 1.66. The first-order valence-corrected chi connectivity index (χ1v) is 24.5. The van der Waals surface area contributed by atoms with E-state index in [0.29, 0.717) is 56.0 Å². The molecule has 5 fully saturated rings. The molecule has 1 saturated heterocycles. The van der Waals surface area contributed by atoms with Gasteiger partial charge in [0.1, 0.15) is 5.56 Å². The van der Waals surface area contributed by atoms with Crippen LogP contribution in [0.15, 0.2) is 41.6 Å². The highest BCUT2D eigenvalue weighted by molar-refractivity contribution is 7.91. The van der Waals surface area contributed by atoms with Crippen molar-refractivity contribution in [2.45, 2.75) is 136 Å². The van der Waals surface area contributed by atoms with Gasteiger partial charge >= 0.3 is 12.1 Å². The number of aliphatic carboxylic acids is 1. The molecule has 12 heteroatoms. The Hall–Kier alpha value is -2.44. The van der Waals surface area contributed by atoms with Gasteiger partial charge in [0, 0.05) is 37.9 Å². The molecule has 0 bridgehead atoms. The molecular formula is C47H68F3N3O5S. The van der Waals surface area contributed by atoms with E-state index < -0.39 is 38.8 Å². The molecule has 0 spiro atoms. The maximum atomic E-state index is 13.5. The molecule has 328 valence electrons. The molecular weight excluding hydrogens is 776 g/mol. The molecule has 1 aliphatic heterocycles. The van der Waals surface area contributed by atoms with Crippen molar-refractivity contribution in [2.24, 2.45) is 50.7 Å². The number of nitrogens with one attached hydrogen (secondary N) is 1. The van der Waals surface area contributed by atoms with Gasteiger partial charge in [0.2, 0.25) is 5.88 Å². The molecule has 8 rings (SSSR count). The van der Waals surface area contributed by atoms with Gasteiger partial charge < -0.3 is 20.1 Å². The Morgan fingerprint density at radius 1 is 0.932 bits per heavy atom. The summed E-state index contributed by atoms with van der Waals surface area (Å²) in [6, 6.07) is 2.15. The van der Waals surface area contributed by atoms with Crippen LogP contribution in [0.4, 0.5) is 13.2 Å². The number of hydrogen-bond acceptors (Lipinski definition) is 7. The largest absolute Gasteiger partial charge is 0.481 e. The fourth-order valence-corrected chi connectivity index (χ4v) is 16.5. The second kappa shape index (κ2) is 15.1. The maximum absolute atomic E-state index is 13.5. The van der Waals surface area contributed by atoms with E-state index in [0.717, 1.165) is 25.6 Å². The van der Waals surface area contributed by atoms with E-state index in [-0.39, 0.29) is 51.7 Å². The van der Waals surface area contributed by atoms with Crippen molar-refractivity contribution in [3.05, 3.63) is 47.2 Å². The number of hydrogen-bond donors (Lipinski definition) is 2. The number of aromatic nitrogens is 1. The SMILES string of the molecule is CC1(C)C(C2=CCC(CCOc3ncccc3C(F)(F)F)(C(=O)O)CC2)=CCC2(C)C1CCC1(C)C2CCC2[C@H]3CCCC3(NCCN3CCS(=O)(=O)CC3)CC[C@]21C. The van der Waals surface area contributed by atoms with Crippen LogP contribution in [-0.4, -0.2) is 79.2 Å². The van der Waals surface area contributed by atoms with Gasteiger partial charge in [-0.05, 0) is 152 Å². The smallest absolute Gasteiger partial charge is 0.421 e. The lowest BCUT2D eigenvalue weighted by Crippen LogP contribution is -2.67. The highest BCUT2D eigenvalue weighted by atomic mass is 32.2. The monoisotopic (exact) mass is 843 g/mol. The summed E-state index contributed by atoms with van der Waals surface area (Å²) in [6.45, 7) is 15.8. The molecule has 0 aromatic carbocycles. The number of nitrogens with zero attached hydrogens (tertiary/aromatic N) is 2. The lowest BCUT2D eigenvalue weighted by molar-refractivity contribution is -0.218. The van der Waals surface area contributed by atoms with Crippen LogP contribution >= 0.6 is 0 Å². The Balaban J connectivity index is 0.954. The van der Waals surface area contributed by atoms with Crippen LogP contribution in [0.5, 0.6) is 5.88 Å². The van der Waals surface area contributed by atoms with Crippen molar-refractivity contribution in [2.75, 3.05) is 44.3 Å². The molecule has 7 unspecified atom stereocenters. The molecule has 4 saturated carbocycles. The van der Waals surface area contributed by atoms with Gasteiger partial charge in [-0.15, -0.1) is 0 Å². The third-order valence-corrected chi connectivity index (χ3v) is 20.2. The maximum Gasteiger partial charge on any atom is 0.421 e. The number of carboxylic acids is 1. The van der Waals surface area contributed by atoms with Gasteiger partial charge in [0.05, 0.1) is 23.5 Å². The third-order valence-electron chi connectivity index (χ3n) is 18.6. The Morgan fingerprint density at radius 3 is 2.39 bits per heavy atom. The molecule has 2 N–H and O–H groups in total. The predicted octanol–water partition coefficient (Wildman–Crippen LogP) is 9.51. The van der Waals surface area contributed by atoms with Crippen LogP contribution < -0.4 is 10.1 Å². The van der Waals surface area contributed by atoms with E-state index in [2.05, 4.69) is 62.0 Å². The Kier molecular flexibility index (Phi) is 11.1. The average molecular weight is 844 g/mol. The topological polar surface area (TPSA) is 109 Å². The number of halogens is 3. The molecule has 1 aromatic rings. The summed E-state index contributed by atoms with van der Waals surface area (Å²) in [5.41, 5.74) is 1.37. The summed E-state index contributed by atoms with van der Waals surface area (Å²) in [4.78, 5) is 18.9. The predicted molar refractivity (Wildman–Crippen MR) is 223 cm³/mol. The highest BCUT2D eigenvalue weighted by Crippen LogP contribution is 2.76. The average Bonchev–Trinajstić information content (AvgIpc) is 3.60.